The van der Waals surface area contributed by atoms with Crippen LogP contribution in [-0.4, -0.2) is 22.7 Å². The molecule has 3 aromatic rings. The number of nitro groups is 2. The molecule has 0 spiro atoms. The number of nitro benzene ring substituents is 2. The summed E-state index contributed by atoms with van der Waals surface area (Å²) in [6.07, 6.45) is 7.63. The number of benzene rings is 3. The Morgan fingerprint density at radius 3 is 2.22 bits per heavy atom. The van der Waals surface area contributed by atoms with Gasteiger partial charge in [-0.15, -0.1) is 0 Å². The summed E-state index contributed by atoms with van der Waals surface area (Å²) < 4.78 is 6.44. The van der Waals surface area contributed by atoms with Gasteiger partial charge in [-0.05, 0) is 70.6 Å². The number of hydrogen-bond acceptors (Lipinski definition) is 6. The Balaban J connectivity index is 2.26. The Morgan fingerprint density at radius 2 is 1.58 bits per heavy atom. The normalized spacial score (nSPS) is 11.0. The van der Waals surface area contributed by atoms with Crippen molar-refractivity contribution in [1.82, 2.24) is 0 Å². The van der Waals surface area contributed by atoms with E-state index >= 15 is 0 Å². The second-order valence-corrected chi connectivity index (χ2v) is 9.38. The first-order valence-corrected chi connectivity index (χ1v) is 12.9. The van der Waals surface area contributed by atoms with Crippen molar-refractivity contribution in [3.05, 3.63) is 72.2 Å². The molecule has 0 aliphatic heterocycles. The summed E-state index contributed by atoms with van der Waals surface area (Å²) >= 11 is 3.63. The van der Waals surface area contributed by atoms with E-state index in [0.717, 1.165) is 48.4 Å². The molecule has 0 saturated heterocycles. The lowest BCUT2D eigenvalue weighted by atomic mass is 9.90. The molecule has 0 saturated carbocycles. The third kappa shape index (κ3) is 5.90. The van der Waals surface area contributed by atoms with Crippen molar-refractivity contribution >= 4 is 44.4 Å². The first kappa shape index (κ1) is 27.3. The Labute approximate surface area is 218 Å². The molecule has 0 atom stereocenters. The number of aryl methyl sites for hydroxylation is 1. The van der Waals surface area contributed by atoms with E-state index < -0.39 is 15.5 Å². The molecule has 36 heavy (non-hydrogen) atoms. The zero-order valence-electron chi connectivity index (χ0n) is 20.4. The first-order valence-electron chi connectivity index (χ1n) is 12.1. The van der Waals surface area contributed by atoms with Crippen molar-refractivity contribution in [3.63, 3.8) is 0 Å². The van der Waals surface area contributed by atoms with Gasteiger partial charge in [0.15, 0.2) is 6.29 Å². The lowest BCUT2D eigenvalue weighted by Gasteiger charge is -2.16. The minimum atomic E-state index is -0.758. The average molecular weight is 557 g/mol. The number of carbonyl (C=O) groups is 1. The van der Waals surface area contributed by atoms with E-state index in [4.69, 9.17) is 4.74 Å². The highest BCUT2D eigenvalue weighted by Gasteiger charge is 2.27. The fourth-order valence-electron chi connectivity index (χ4n) is 4.47. The Hall–Kier alpha value is -3.33. The van der Waals surface area contributed by atoms with Gasteiger partial charge in [0.05, 0.1) is 32.4 Å². The highest BCUT2D eigenvalue weighted by molar-refractivity contribution is 9.10. The average Bonchev–Trinajstić information content (AvgIpc) is 2.85. The summed E-state index contributed by atoms with van der Waals surface area (Å²) in [7, 11) is 0. The zero-order valence-corrected chi connectivity index (χ0v) is 22.0. The molecule has 9 heteroatoms. The highest BCUT2D eigenvalue weighted by atomic mass is 79.9. The number of halogens is 1. The van der Waals surface area contributed by atoms with Gasteiger partial charge in [0.1, 0.15) is 11.3 Å². The van der Waals surface area contributed by atoms with E-state index in [9.17, 15) is 25.0 Å². The number of carbonyl (C=O) groups excluding carboxylic acids is 1. The molecule has 0 N–H and O–H groups in total. The summed E-state index contributed by atoms with van der Waals surface area (Å²) in [5.74, 6) is 0.640. The molecule has 0 aliphatic rings. The van der Waals surface area contributed by atoms with Gasteiger partial charge in [-0.3, -0.25) is 25.0 Å². The number of unbranched alkanes of at least 4 members (excludes halogenated alkanes) is 5. The molecule has 0 aromatic heterocycles. The van der Waals surface area contributed by atoms with Crippen molar-refractivity contribution in [2.75, 3.05) is 6.61 Å². The molecule has 0 heterocycles. The van der Waals surface area contributed by atoms with Gasteiger partial charge >= 0.3 is 0 Å². The highest BCUT2D eigenvalue weighted by Crippen LogP contribution is 2.42. The van der Waals surface area contributed by atoms with Crippen molar-refractivity contribution in [1.29, 1.82) is 0 Å². The Bertz CT molecular complexity index is 1290. The number of nitrogens with zero attached hydrogens (tertiary/aromatic N) is 2. The maximum atomic E-state index is 12.0. The van der Waals surface area contributed by atoms with Crippen LogP contribution < -0.4 is 4.74 Å². The summed E-state index contributed by atoms with van der Waals surface area (Å²) in [6, 6.07) is 9.84. The van der Waals surface area contributed by atoms with Gasteiger partial charge in [-0.1, -0.05) is 51.2 Å². The number of aldehydes is 1. The summed E-state index contributed by atoms with van der Waals surface area (Å²) in [5, 5.41) is 23.9. The standard InChI is InChI=1S/C27H29BrN2O6/c1-3-5-6-7-8-9-11-18-14-22-21(23(17-31)25(30(34)35)16-24(22)29(32)33)15-20(18)19-12-10-13-26(27(19)28)36-4-2/h10,12-17H,3-9,11H2,1-2H3. The fraction of sp³-hybridized carbons (Fsp3) is 0.370. The molecule has 0 bridgehead atoms. The SMILES string of the molecule is CCCCCCCCc1cc2c([N+](=O)[O-])cc([N+](=O)[O-])c(C=O)c2cc1-c1cccc(OCC)c1Br. The maximum absolute atomic E-state index is 12.0. The first-order chi connectivity index (χ1) is 17.3. The molecule has 3 rings (SSSR count). The largest absolute Gasteiger partial charge is 0.493 e. The minimum absolute atomic E-state index is 0.176. The van der Waals surface area contributed by atoms with Crippen molar-refractivity contribution < 1.29 is 19.4 Å². The van der Waals surface area contributed by atoms with Crippen LogP contribution in [0.5, 0.6) is 5.75 Å². The number of rotatable bonds is 13. The molecule has 0 amide bonds. The minimum Gasteiger partial charge on any atom is -0.493 e. The fourth-order valence-corrected chi connectivity index (χ4v) is 5.06. The predicted molar refractivity (Wildman–Crippen MR) is 144 cm³/mol. The molecular formula is C27H29BrN2O6. The molecule has 0 unspecified atom stereocenters. The molecule has 0 radical (unpaired) electrons. The zero-order chi connectivity index (χ0) is 26.2. The lowest BCUT2D eigenvalue weighted by molar-refractivity contribution is -0.393. The maximum Gasteiger partial charge on any atom is 0.287 e. The number of hydrogen-bond donors (Lipinski definition) is 0. The van der Waals surface area contributed by atoms with Crippen LogP contribution in [-0.2, 0) is 6.42 Å². The van der Waals surface area contributed by atoms with Crippen LogP contribution in [0.4, 0.5) is 11.4 Å². The van der Waals surface area contributed by atoms with E-state index in [1.54, 1.807) is 12.1 Å². The van der Waals surface area contributed by atoms with Crippen LogP contribution in [0.2, 0.25) is 0 Å². The van der Waals surface area contributed by atoms with Crippen molar-refractivity contribution in [2.24, 2.45) is 0 Å². The van der Waals surface area contributed by atoms with Crippen LogP contribution in [0.3, 0.4) is 0 Å². The summed E-state index contributed by atoms with van der Waals surface area (Å²) in [5.41, 5.74) is 1.27. The topological polar surface area (TPSA) is 113 Å². The second kappa shape index (κ2) is 12.6. The number of fused-ring (bicyclic) bond motifs is 1. The predicted octanol–water partition coefficient (Wildman–Crippen LogP) is 8.20. The van der Waals surface area contributed by atoms with Gasteiger partial charge in [0, 0.05) is 5.39 Å². The lowest BCUT2D eigenvalue weighted by Crippen LogP contribution is -2.02. The molecule has 3 aromatic carbocycles. The van der Waals surface area contributed by atoms with E-state index in [1.165, 1.54) is 12.8 Å². The third-order valence-corrected chi connectivity index (χ3v) is 7.04. The van der Waals surface area contributed by atoms with Gasteiger partial charge in [0.25, 0.3) is 11.4 Å². The monoisotopic (exact) mass is 556 g/mol. The second-order valence-electron chi connectivity index (χ2n) is 8.58. The third-order valence-electron chi connectivity index (χ3n) is 6.22. The molecule has 8 nitrogen and oxygen atoms in total. The van der Waals surface area contributed by atoms with Crippen molar-refractivity contribution in [3.8, 4) is 16.9 Å². The van der Waals surface area contributed by atoms with Gasteiger partial charge < -0.3 is 4.74 Å². The van der Waals surface area contributed by atoms with Crippen LogP contribution in [0.25, 0.3) is 21.9 Å². The molecular weight excluding hydrogens is 528 g/mol. The van der Waals surface area contributed by atoms with Gasteiger partial charge in [-0.25, -0.2) is 0 Å². The molecule has 190 valence electrons. The van der Waals surface area contributed by atoms with E-state index in [-0.39, 0.29) is 22.0 Å². The van der Waals surface area contributed by atoms with Crippen molar-refractivity contribution in [2.45, 2.75) is 58.8 Å². The van der Waals surface area contributed by atoms with E-state index in [1.807, 2.05) is 25.1 Å². The van der Waals surface area contributed by atoms with Crippen LogP contribution in [0, 0.1) is 20.2 Å². The molecule has 0 aliphatic carbocycles. The smallest absolute Gasteiger partial charge is 0.287 e. The Kier molecular flexibility index (Phi) is 9.52. The van der Waals surface area contributed by atoms with E-state index in [2.05, 4.69) is 22.9 Å². The van der Waals surface area contributed by atoms with Gasteiger partial charge in [-0.2, -0.15) is 0 Å². The summed E-state index contributed by atoms with van der Waals surface area (Å²) in [4.78, 5) is 34.1. The molecule has 0 fully saturated rings. The van der Waals surface area contributed by atoms with E-state index in [0.29, 0.717) is 29.5 Å². The van der Waals surface area contributed by atoms with Crippen LogP contribution in [0.15, 0.2) is 40.9 Å². The van der Waals surface area contributed by atoms with Gasteiger partial charge in [0.2, 0.25) is 0 Å². The van der Waals surface area contributed by atoms with Crippen LogP contribution >= 0.6 is 15.9 Å². The Morgan fingerprint density at radius 1 is 0.889 bits per heavy atom. The number of non-ortho nitro benzene ring substituents is 1. The van der Waals surface area contributed by atoms with Crippen LogP contribution in [0.1, 0.15) is 68.3 Å². The number of ether oxygens (including phenoxy) is 1. The summed E-state index contributed by atoms with van der Waals surface area (Å²) in [6.45, 7) is 4.52. The quantitative estimate of drug-likeness (QED) is 0.0906.